The highest BCUT2D eigenvalue weighted by atomic mass is 35.5. The topological polar surface area (TPSA) is 42.4 Å². The molecule has 122 valence electrons. The molecule has 1 aromatic heterocycles. The molecule has 0 saturated carbocycles. The van der Waals surface area contributed by atoms with Gasteiger partial charge in [-0.25, -0.2) is 0 Å². The molecule has 1 amide bonds. The molecule has 0 saturated heterocycles. The Morgan fingerprint density at radius 2 is 2.13 bits per heavy atom. The standard InChI is InChI=1S/C18H21ClN2O2/c1-4-21(13(2)14-7-6-10-20-12-14)18(22)11-15-16(19)8-5-9-17(15)23-3/h5-10,12-13H,4,11H2,1-3H3. The molecule has 0 radical (unpaired) electrons. The SMILES string of the molecule is CCN(C(=O)Cc1c(Cl)cccc1OC)C(C)c1cccnc1. The lowest BCUT2D eigenvalue weighted by Crippen LogP contribution is -2.34. The Labute approximate surface area is 142 Å². The molecule has 0 bridgehead atoms. The van der Waals surface area contributed by atoms with Gasteiger partial charge in [-0.1, -0.05) is 23.7 Å². The number of hydrogen-bond acceptors (Lipinski definition) is 3. The summed E-state index contributed by atoms with van der Waals surface area (Å²) in [7, 11) is 1.58. The Morgan fingerprint density at radius 1 is 1.35 bits per heavy atom. The Hall–Kier alpha value is -2.07. The fourth-order valence-corrected chi connectivity index (χ4v) is 2.86. The first kappa shape index (κ1) is 17.3. The molecule has 0 spiro atoms. The largest absolute Gasteiger partial charge is 0.496 e. The summed E-state index contributed by atoms with van der Waals surface area (Å²) in [6.45, 7) is 4.58. The summed E-state index contributed by atoms with van der Waals surface area (Å²) >= 11 is 6.24. The van der Waals surface area contributed by atoms with Crippen LogP contribution in [0.4, 0.5) is 0 Å². The van der Waals surface area contributed by atoms with Gasteiger partial charge in [-0.05, 0) is 37.6 Å². The van der Waals surface area contributed by atoms with E-state index in [1.165, 1.54) is 0 Å². The third kappa shape index (κ3) is 4.02. The Morgan fingerprint density at radius 3 is 2.74 bits per heavy atom. The molecule has 0 aliphatic carbocycles. The lowest BCUT2D eigenvalue weighted by molar-refractivity contribution is -0.132. The minimum absolute atomic E-state index is 0.00949. The summed E-state index contributed by atoms with van der Waals surface area (Å²) < 4.78 is 5.32. The van der Waals surface area contributed by atoms with E-state index in [1.54, 1.807) is 25.6 Å². The van der Waals surface area contributed by atoms with E-state index in [4.69, 9.17) is 16.3 Å². The number of rotatable bonds is 6. The first-order chi connectivity index (χ1) is 11.1. The molecule has 0 N–H and O–H groups in total. The van der Waals surface area contributed by atoms with Gasteiger partial charge in [-0.3, -0.25) is 9.78 Å². The number of amides is 1. The van der Waals surface area contributed by atoms with Crippen molar-refractivity contribution in [3.63, 3.8) is 0 Å². The van der Waals surface area contributed by atoms with Crippen molar-refractivity contribution in [1.29, 1.82) is 0 Å². The maximum atomic E-state index is 12.8. The number of halogens is 1. The van der Waals surface area contributed by atoms with Crippen LogP contribution in [0, 0.1) is 0 Å². The van der Waals surface area contributed by atoms with E-state index in [0.29, 0.717) is 17.3 Å². The van der Waals surface area contributed by atoms with E-state index in [9.17, 15) is 4.79 Å². The zero-order chi connectivity index (χ0) is 16.8. The second-order valence-electron chi connectivity index (χ2n) is 5.24. The fraction of sp³-hybridized carbons (Fsp3) is 0.333. The Bertz CT molecular complexity index is 661. The van der Waals surface area contributed by atoms with E-state index in [0.717, 1.165) is 11.1 Å². The molecule has 1 atom stereocenters. The van der Waals surface area contributed by atoms with Gasteiger partial charge in [0.2, 0.25) is 5.91 Å². The van der Waals surface area contributed by atoms with Gasteiger partial charge < -0.3 is 9.64 Å². The van der Waals surface area contributed by atoms with Crippen molar-refractivity contribution < 1.29 is 9.53 Å². The van der Waals surface area contributed by atoms with Gasteiger partial charge in [0.15, 0.2) is 0 Å². The maximum Gasteiger partial charge on any atom is 0.227 e. The van der Waals surface area contributed by atoms with E-state index in [-0.39, 0.29) is 18.4 Å². The summed E-state index contributed by atoms with van der Waals surface area (Å²) in [6, 6.07) is 9.20. The predicted octanol–water partition coefficient (Wildman–Crippen LogP) is 3.90. The van der Waals surface area contributed by atoms with Gasteiger partial charge in [0.1, 0.15) is 5.75 Å². The van der Waals surface area contributed by atoms with Crippen molar-refractivity contribution in [2.75, 3.05) is 13.7 Å². The van der Waals surface area contributed by atoms with Gasteiger partial charge in [0.05, 0.1) is 19.6 Å². The normalized spacial score (nSPS) is 11.8. The van der Waals surface area contributed by atoms with Gasteiger partial charge in [0.25, 0.3) is 0 Å². The molecule has 0 aliphatic rings. The minimum atomic E-state index is -0.0466. The van der Waals surface area contributed by atoms with Crippen LogP contribution in [0.25, 0.3) is 0 Å². The number of carbonyl (C=O) groups is 1. The number of hydrogen-bond donors (Lipinski definition) is 0. The Kier molecular flexibility index (Phi) is 5.99. The number of benzene rings is 1. The summed E-state index contributed by atoms with van der Waals surface area (Å²) in [4.78, 5) is 18.7. The zero-order valence-electron chi connectivity index (χ0n) is 13.6. The molecule has 1 unspecified atom stereocenters. The number of likely N-dealkylation sites (N-methyl/N-ethyl adjacent to an activating group) is 1. The van der Waals surface area contributed by atoms with Gasteiger partial charge >= 0.3 is 0 Å². The van der Waals surface area contributed by atoms with Crippen LogP contribution in [0.5, 0.6) is 5.75 Å². The predicted molar refractivity (Wildman–Crippen MR) is 91.7 cm³/mol. The van der Waals surface area contributed by atoms with E-state index in [1.807, 2.05) is 43.0 Å². The number of nitrogens with zero attached hydrogens (tertiary/aromatic N) is 2. The first-order valence-corrected chi connectivity index (χ1v) is 7.97. The van der Waals surface area contributed by atoms with Crippen LogP contribution in [-0.2, 0) is 11.2 Å². The molecule has 2 rings (SSSR count). The third-order valence-corrected chi connectivity index (χ3v) is 4.27. The molecule has 0 aliphatic heterocycles. The molecule has 23 heavy (non-hydrogen) atoms. The minimum Gasteiger partial charge on any atom is -0.496 e. The monoisotopic (exact) mass is 332 g/mol. The van der Waals surface area contributed by atoms with Crippen LogP contribution in [0.3, 0.4) is 0 Å². The van der Waals surface area contributed by atoms with Gasteiger partial charge in [0, 0.05) is 29.5 Å². The second kappa shape index (κ2) is 7.97. The van der Waals surface area contributed by atoms with Crippen LogP contribution in [0.15, 0.2) is 42.7 Å². The number of ether oxygens (including phenoxy) is 1. The third-order valence-electron chi connectivity index (χ3n) is 3.92. The van der Waals surface area contributed by atoms with Gasteiger partial charge in [-0.15, -0.1) is 0 Å². The van der Waals surface area contributed by atoms with Crippen molar-refractivity contribution in [1.82, 2.24) is 9.88 Å². The number of carbonyl (C=O) groups excluding carboxylic acids is 1. The van der Waals surface area contributed by atoms with Crippen LogP contribution in [0.2, 0.25) is 5.02 Å². The molecule has 1 aromatic carbocycles. The number of pyridine rings is 1. The number of methoxy groups -OCH3 is 1. The zero-order valence-corrected chi connectivity index (χ0v) is 14.4. The van der Waals surface area contributed by atoms with Crippen LogP contribution >= 0.6 is 11.6 Å². The second-order valence-corrected chi connectivity index (χ2v) is 5.65. The van der Waals surface area contributed by atoms with Crippen molar-refractivity contribution in [3.8, 4) is 5.75 Å². The Balaban J connectivity index is 2.21. The highest BCUT2D eigenvalue weighted by Crippen LogP contribution is 2.28. The van der Waals surface area contributed by atoms with Crippen molar-refractivity contribution in [2.45, 2.75) is 26.3 Å². The van der Waals surface area contributed by atoms with Crippen molar-refractivity contribution in [3.05, 3.63) is 58.9 Å². The smallest absolute Gasteiger partial charge is 0.227 e. The molecule has 2 aromatic rings. The highest BCUT2D eigenvalue weighted by Gasteiger charge is 2.22. The summed E-state index contributed by atoms with van der Waals surface area (Å²) in [6.07, 6.45) is 3.72. The van der Waals surface area contributed by atoms with Crippen LogP contribution < -0.4 is 4.74 Å². The van der Waals surface area contributed by atoms with E-state index in [2.05, 4.69) is 4.98 Å². The number of aromatic nitrogens is 1. The van der Waals surface area contributed by atoms with Crippen molar-refractivity contribution in [2.24, 2.45) is 0 Å². The lowest BCUT2D eigenvalue weighted by atomic mass is 10.1. The fourth-order valence-electron chi connectivity index (χ4n) is 2.62. The molecule has 0 fully saturated rings. The molecule has 4 nitrogen and oxygen atoms in total. The average Bonchev–Trinajstić information content (AvgIpc) is 2.58. The average molecular weight is 333 g/mol. The van der Waals surface area contributed by atoms with E-state index < -0.39 is 0 Å². The van der Waals surface area contributed by atoms with E-state index >= 15 is 0 Å². The molecule has 1 heterocycles. The van der Waals surface area contributed by atoms with Crippen molar-refractivity contribution >= 4 is 17.5 Å². The summed E-state index contributed by atoms with van der Waals surface area (Å²) in [5.74, 6) is 0.645. The summed E-state index contributed by atoms with van der Waals surface area (Å²) in [5, 5.41) is 0.544. The molecular formula is C18H21ClN2O2. The first-order valence-electron chi connectivity index (χ1n) is 7.59. The van der Waals surface area contributed by atoms with Crippen LogP contribution in [0.1, 0.15) is 31.0 Å². The lowest BCUT2D eigenvalue weighted by Gasteiger charge is -2.28. The quantitative estimate of drug-likeness (QED) is 0.805. The maximum absolute atomic E-state index is 12.8. The molecular weight excluding hydrogens is 312 g/mol. The van der Waals surface area contributed by atoms with Gasteiger partial charge in [-0.2, -0.15) is 0 Å². The summed E-state index contributed by atoms with van der Waals surface area (Å²) in [5.41, 5.74) is 1.73. The molecule has 5 heteroatoms. The highest BCUT2D eigenvalue weighted by molar-refractivity contribution is 6.31. The van der Waals surface area contributed by atoms with Crippen LogP contribution in [-0.4, -0.2) is 29.4 Å².